The average molecular weight is 363 g/mol. The van der Waals surface area contributed by atoms with Gasteiger partial charge >= 0.3 is 12.2 Å². The quantitative estimate of drug-likeness (QED) is 0.836. The highest BCUT2D eigenvalue weighted by Gasteiger charge is 2.35. The Balaban J connectivity index is 2.20. The van der Waals surface area contributed by atoms with Crippen LogP contribution in [0.25, 0.3) is 0 Å². The lowest BCUT2D eigenvalue weighted by Gasteiger charge is -2.29. The summed E-state index contributed by atoms with van der Waals surface area (Å²) >= 11 is 0. The topological polar surface area (TPSA) is 80.8 Å². The summed E-state index contributed by atoms with van der Waals surface area (Å²) in [5.74, 6) is 0.405. The number of amides is 2. The molecule has 0 radical (unpaired) electrons. The zero-order valence-electron chi connectivity index (χ0n) is 16.5. The fraction of sp³-hybridized carbons (Fsp3) is 0.632. The molecule has 1 atom stereocenters. The molecule has 26 heavy (non-hydrogen) atoms. The molecule has 7 heteroatoms. The number of nitrogens with one attached hydrogen (secondary N) is 1. The number of pyridine rings is 1. The first kappa shape index (κ1) is 20.0. The van der Waals surface area contributed by atoms with Gasteiger partial charge in [0.1, 0.15) is 17.0 Å². The van der Waals surface area contributed by atoms with Crippen molar-refractivity contribution in [2.75, 3.05) is 11.9 Å². The van der Waals surface area contributed by atoms with Gasteiger partial charge in [0.15, 0.2) is 0 Å². The van der Waals surface area contributed by atoms with E-state index < -0.39 is 17.3 Å². The molecule has 1 N–H and O–H groups in total. The zero-order valence-corrected chi connectivity index (χ0v) is 16.5. The molecule has 0 saturated carbocycles. The first-order chi connectivity index (χ1) is 12.0. The van der Waals surface area contributed by atoms with E-state index >= 15 is 0 Å². The van der Waals surface area contributed by atoms with Gasteiger partial charge in [0, 0.05) is 18.3 Å². The van der Waals surface area contributed by atoms with Gasteiger partial charge in [-0.3, -0.25) is 5.32 Å². The van der Waals surface area contributed by atoms with E-state index in [0.717, 1.165) is 18.4 Å². The molecule has 7 nitrogen and oxygen atoms in total. The minimum atomic E-state index is -0.602. The van der Waals surface area contributed by atoms with Gasteiger partial charge in [-0.1, -0.05) is 6.07 Å². The normalized spacial score (nSPS) is 17.8. The molecule has 144 valence electrons. The van der Waals surface area contributed by atoms with Crippen molar-refractivity contribution in [1.29, 1.82) is 0 Å². The van der Waals surface area contributed by atoms with E-state index in [9.17, 15) is 9.59 Å². The Labute approximate surface area is 155 Å². The van der Waals surface area contributed by atoms with Crippen LogP contribution >= 0.6 is 0 Å². The lowest BCUT2D eigenvalue weighted by Crippen LogP contribution is -2.36. The Hall–Kier alpha value is -2.31. The van der Waals surface area contributed by atoms with Gasteiger partial charge in [0.2, 0.25) is 0 Å². The molecule has 1 aliphatic rings. The SMILES string of the molecule is CC(C)(C)OC(=O)Nc1ncccc1C1CCCN1C(=O)OC(C)(C)C. The molecule has 0 spiro atoms. The summed E-state index contributed by atoms with van der Waals surface area (Å²) in [5.41, 5.74) is -0.382. The Kier molecular flexibility index (Phi) is 5.78. The second-order valence-electron chi connectivity index (χ2n) is 8.40. The number of nitrogens with zero attached hydrogens (tertiary/aromatic N) is 2. The van der Waals surface area contributed by atoms with Gasteiger partial charge in [-0.2, -0.15) is 0 Å². The third-order valence-electron chi connectivity index (χ3n) is 3.70. The standard InChI is InChI=1S/C19H29N3O4/c1-18(2,3)25-16(23)21-15-13(9-7-11-20-15)14-10-8-12-22(14)17(24)26-19(4,5)6/h7,9,11,14H,8,10,12H2,1-6H3,(H,20,21,23). The Morgan fingerprint density at radius 1 is 1.15 bits per heavy atom. The van der Waals surface area contributed by atoms with Crippen molar-refractivity contribution in [3.63, 3.8) is 0 Å². The van der Waals surface area contributed by atoms with Crippen LogP contribution in [0.15, 0.2) is 18.3 Å². The van der Waals surface area contributed by atoms with E-state index in [1.165, 1.54) is 0 Å². The molecule has 2 rings (SSSR count). The molecule has 1 saturated heterocycles. The molecule has 1 unspecified atom stereocenters. The largest absolute Gasteiger partial charge is 0.444 e. The van der Waals surface area contributed by atoms with Gasteiger partial charge in [-0.05, 0) is 60.5 Å². The van der Waals surface area contributed by atoms with Gasteiger partial charge in [-0.25, -0.2) is 14.6 Å². The average Bonchev–Trinajstić information content (AvgIpc) is 2.93. The van der Waals surface area contributed by atoms with E-state index in [4.69, 9.17) is 9.47 Å². The molecule has 0 aromatic carbocycles. The fourth-order valence-electron chi connectivity index (χ4n) is 2.82. The molecule has 0 bridgehead atoms. The van der Waals surface area contributed by atoms with E-state index in [1.807, 2.05) is 26.8 Å². The van der Waals surface area contributed by atoms with Crippen molar-refractivity contribution < 1.29 is 19.1 Å². The molecular weight excluding hydrogens is 334 g/mol. The zero-order chi connectivity index (χ0) is 19.5. The molecule has 1 aromatic heterocycles. The minimum Gasteiger partial charge on any atom is -0.444 e. The first-order valence-electron chi connectivity index (χ1n) is 8.91. The smallest absolute Gasteiger partial charge is 0.413 e. The number of aromatic nitrogens is 1. The van der Waals surface area contributed by atoms with Crippen LogP contribution in [-0.2, 0) is 9.47 Å². The van der Waals surface area contributed by atoms with Crippen molar-refractivity contribution in [2.24, 2.45) is 0 Å². The van der Waals surface area contributed by atoms with Crippen molar-refractivity contribution in [2.45, 2.75) is 71.6 Å². The van der Waals surface area contributed by atoms with Crippen LogP contribution in [0.3, 0.4) is 0 Å². The molecule has 2 heterocycles. The van der Waals surface area contributed by atoms with E-state index in [0.29, 0.717) is 12.4 Å². The number of likely N-dealkylation sites (tertiary alicyclic amines) is 1. The van der Waals surface area contributed by atoms with Crippen LogP contribution in [0.4, 0.5) is 15.4 Å². The van der Waals surface area contributed by atoms with E-state index in [1.54, 1.807) is 37.9 Å². The van der Waals surface area contributed by atoms with Crippen molar-refractivity contribution in [1.82, 2.24) is 9.88 Å². The second kappa shape index (κ2) is 7.51. The lowest BCUT2D eigenvalue weighted by atomic mass is 10.1. The summed E-state index contributed by atoms with van der Waals surface area (Å²) in [6.45, 7) is 11.5. The Bertz CT molecular complexity index is 661. The number of ether oxygens (including phenoxy) is 2. The van der Waals surface area contributed by atoms with Crippen molar-refractivity contribution in [3.8, 4) is 0 Å². The van der Waals surface area contributed by atoms with Crippen molar-refractivity contribution >= 4 is 18.0 Å². The van der Waals surface area contributed by atoms with Crippen LogP contribution in [0.2, 0.25) is 0 Å². The van der Waals surface area contributed by atoms with E-state index in [-0.39, 0.29) is 12.1 Å². The van der Waals surface area contributed by atoms with Crippen molar-refractivity contribution in [3.05, 3.63) is 23.9 Å². The fourth-order valence-corrected chi connectivity index (χ4v) is 2.82. The van der Waals surface area contributed by atoms with Crippen LogP contribution in [0, 0.1) is 0 Å². The molecular formula is C19H29N3O4. The number of rotatable bonds is 2. The number of hydrogen-bond acceptors (Lipinski definition) is 5. The van der Waals surface area contributed by atoms with Crippen LogP contribution < -0.4 is 5.32 Å². The molecule has 1 fully saturated rings. The van der Waals surface area contributed by atoms with Crippen LogP contribution in [0.1, 0.15) is 66.0 Å². The summed E-state index contributed by atoms with van der Waals surface area (Å²) in [5, 5.41) is 2.70. The summed E-state index contributed by atoms with van der Waals surface area (Å²) < 4.78 is 10.8. The Morgan fingerprint density at radius 2 is 1.81 bits per heavy atom. The van der Waals surface area contributed by atoms with Crippen LogP contribution in [0.5, 0.6) is 0 Å². The molecule has 2 amide bonds. The summed E-state index contributed by atoms with van der Waals surface area (Å²) in [4.78, 5) is 30.6. The second-order valence-corrected chi connectivity index (χ2v) is 8.40. The Morgan fingerprint density at radius 3 is 2.42 bits per heavy atom. The minimum absolute atomic E-state index is 0.191. The third kappa shape index (κ3) is 5.61. The van der Waals surface area contributed by atoms with Crippen LogP contribution in [-0.4, -0.2) is 39.8 Å². The molecule has 1 aromatic rings. The maximum Gasteiger partial charge on any atom is 0.413 e. The highest BCUT2D eigenvalue weighted by Crippen LogP contribution is 2.36. The van der Waals surface area contributed by atoms with E-state index in [2.05, 4.69) is 10.3 Å². The predicted molar refractivity (Wildman–Crippen MR) is 99.0 cm³/mol. The maximum absolute atomic E-state index is 12.5. The highest BCUT2D eigenvalue weighted by molar-refractivity contribution is 5.84. The lowest BCUT2D eigenvalue weighted by molar-refractivity contribution is 0.0225. The number of carbonyl (C=O) groups excluding carboxylic acids is 2. The summed E-state index contributed by atoms with van der Waals surface area (Å²) in [6, 6.07) is 3.47. The number of hydrogen-bond donors (Lipinski definition) is 1. The van der Waals surface area contributed by atoms with Gasteiger partial charge in [0.25, 0.3) is 0 Å². The van der Waals surface area contributed by atoms with Gasteiger partial charge in [-0.15, -0.1) is 0 Å². The molecule has 1 aliphatic heterocycles. The third-order valence-corrected chi connectivity index (χ3v) is 3.70. The predicted octanol–water partition coefficient (Wildman–Crippen LogP) is 4.50. The number of anilines is 1. The monoisotopic (exact) mass is 363 g/mol. The van der Waals surface area contributed by atoms with Gasteiger partial charge < -0.3 is 14.4 Å². The summed E-state index contributed by atoms with van der Waals surface area (Å²) in [7, 11) is 0. The summed E-state index contributed by atoms with van der Waals surface area (Å²) in [6.07, 6.45) is 2.33. The van der Waals surface area contributed by atoms with Gasteiger partial charge in [0.05, 0.1) is 6.04 Å². The maximum atomic E-state index is 12.5. The number of carbonyl (C=O) groups is 2. The molecule has 0 aliphatic carbocycles. The highest BCUT2D eigenvalue weighted by atomic mass is 16.6. The first-order valence-corrected chi connectivity index (χ1v) is 8.91.